The van der Waals surface area contributed by atoms with Crippen LogP contribution >= 0.6 is 0 Å². The van der Waals surface area contributed by atoms with E-state index in [4.69, 9.17) is 4.74 Å². The number of methoxy groups -OCH3 is 1. The third-order valence-corrected chi connectivity index (χ3v) is 8.38. The number of rotatable bonds is 10. The Balaban J connectivity index is 1.58. The second kappa shape index (κ2) is 14.0. The minimum absolute atomic E-state index is 0.0916. The summed E-state index contributed by atoms with van der Waals surface area (Å²) < 4.78 is 5.56. The van der Waals surface area contributed by atoms with Gasteiger partial charge in [-0.1, -0.05) is 56.3 Å². The first kappa shape index (κ1) is 30.5. The molecular weight excluding hydrogens is 518 g/mol. The van der Waals surface area contributed by atoms with Gasteiger partial charge in [-0.15, -0.1) is 0 Å². The predicted octanol–water partition coefficient (Wildman–Crippen LogP) is 2.65. The average Bonchev–Trinajstić information content (AvgIpc) is 2.99. The summed E-state index contributed by atoms with van der Waals surface area (Å²) in [4.78, 5) is 44.7. The van der Waals surface area contributed by atoms with Gasteiger partial charge >= 0.3 is 0 Å². The zero-order valence-electron chi connectivity index (χ0n) is 25.0. The standard InChI is InChI=1S/C32H45N5O4/c1-21(2)29(35-30(38)22(3)33-4)32(40)37-18-17-36(19-24-12-7-9-16-28(24)41-5)20-27(37)31(39)34-26-15-10-13-23-11-6-8-14-25(23)26/h6-9,11-12,14,16,21-22,26-27,29,33H,10,13,15,17-20H2,1-5H3,(H,34,39)(H,35,38)/t22-,26?,27-,29-/m0/s1. The van der Waals surface area contributed by atoms with Crippen LogP contribution in [-0.2, 0) is 27.3 Å². The molecule has 0 bridgehead atoms. The highest BCUT2D eigenvalue weighted by Crippen LogP contribution is 2.30. The summed E-state index contributed by atoms with van der Waals surface area (Å²) in [5.74, 6) is 0.0253. The Morgan fingerprint density at radius 3 is 2.49 bits per heavy atom. The van der Waals surface area contributed by atoms with E-state index in [0.29, 0.717) is 26.2 Å². The van der Waals surface area contributed by atoms with E-state index in [9.17, 15) is 14.4 Å². The van der Waals surface area contributed by atoms with Gasteiger partial charge in [0.25, 0.3) is 0 Å². The molecule has 2 aliphatic rings. The molecule has 1 heterocycles. The summed E-state index contributed by atoms with van der Waals surface area (Å²) >= 11 is 0. The fraction of sp³-hybridized carbons (Fsp3) is 0.531. The van der Waals surface area contributed by atoms with E-state index in [2.05, 4.69) is 33.0 Å². The van der Waals surface area contributed by atoms with Gasteiger partial charge in [0, 0.05) is 31.7 Å². The first-order chi connectivity index (χ1) is 19.7. The van der Waals surface area contributed by atoms with Crippen molar-refractivity contribution in [3.05, 3.63) is 65.2 Å². The normalized spacial score (nSPS) is 20.6. The Morgan fingerprint density at radius 1 is 1.02 bits per heavy atom. The molecule has 4 atom stereocenters. The molecule has 2 aromatic carbocycles. The molecular formula is C32H45N5O4. The van der Waals surface area contributed by atoms with E-state index in [1.165, 1.54) is 5.56 Å². The SMILES string of the molecule is CN[C@@H](C)C(=O)N[C@H](C(=O)N1CCN(Cc2ccccc2OC)C[C@H]1C(=O)NC1CCCc2ccccc21)C(C)C. The molecule has 1 fully saturated rings. The van der Waals surface area contributed by atoms with Gasteiger partial charge in [0.2, 0.25) is 17.7 Å². The van der Waals surface area contributed by atoms with E-state index in [1.807, 2.05) is 50.2 Å². The summed E-state index contributed by atoms with van der Waals surface area (Å²) in [5, 5.41) is 9.15. The molecule has 9 nitrogen and oxygen atoms in total. The van der Waals surface area contributed by atoms with Gasteiger partial charge in [0.05, 0.1) is 19.2 Å². The molecule has 0 aromatic heterocycles. The Morgan fingerprint density at radius 2 is 1.76 bits per heavy atom. The fourth-order valence-electron chi connectivity index (χ4n) is 5.82. The Bertz CT molecular complexity index is 1220. The Kier molecular flexibility index (Phi) is 10.4. The lowest BCUT2D eigenvalue weighted by atomic mass is 9.87. The molecule has 41 heavy (non-hydrogen) atoms. The van der Waals surface area contributed by atoms with E-state index in [1.54, 1.807) is 26.0 Å². The van der Waals surface area contributed by atoms with Crippen molar-refractivity contribution in [2.24, 2.45) is 5.92 Å². The molecule has 9 heteroatoms. The molecule has 0 saturated carbocycles. The van der Waals surface area contributed by atoms with Crippen LogP contribution in [-0.4, -0.2) is 79.4 Å². The van der Waals surface area contributed by atoms with Crippen LogP contribution in [0.25, 0.3) is 0 Å². The summed E-state index contributed by atoms with van der Waals surface area (Å²) in [6.07, 6.45) is 2.87. The van der Waals surface area contributed by atoms with Crippen molar-refractivity contribution in [1.82, 2.24) is 25.8 Å². The second-order valence-corrected chi connectivity index (χ2v) is 11.5. The number of carbonyl (C=O) groups excluding carboxylic acids is 3. The number of hydrogen-bond donors (Lipinski definition) is 3. The van der Waals surface area contributed by atoms with Gasteiger partial charge < -0.3 is 25.6 Å². The van der Waals surface area contributed by atoms with Crippen LogP contribution in [0.15, 0.2) is 48.5 Å². The monoisotopic (exact) mass is 563 g/mol. The number of amides is 3. The van der Waals surface area contributed by atoms with E-state index in [0.717, 1.165) is 36.1 Å². The molecule has 1 aliphatic heterocycles. The van der Waals surface area contributed by atoms with Crippen molar-refractivity contribution in [1.29, 1.82) is 0 Å². The smallest absolute Gasteiger partial charge is 0.246 e. The third-order valence-electron chi connectivity index (χ3n) is 8.38. The lowest BCUT2D eigenvalue weighted by Gasteiger charge is -2.43. The Hall–Kier alpha value is -3.43. The maximum Gasteiger partial charge on any atom is 0.246 e. The van der Waals surface area contributed by atoms with Crippen molar-refractivity contribution in [2.45, 2.75) is 70.7 Å². The van der Waals surface area contributed by atoms with Crippen LogP contribution in [0.2, 0.25) is 0 Å². The van der Waals surface area contributed by atoms with Gasteiger partial charge in [0.15, 0.2) is 0 Å². The van der Waals surface area contributed by atoms with Crippen LogP contribution in [0.1, 0.15) is 56.3 Å². The van der Waals surface area contributed by atoms with Crippen molar-refractivity contribution in [3.8, 4) is 5.75 Å². The predicted molar refractivity (Wildman–Crippen MR) is 159 cm³/mol. The molecule has 2 aromatic rings. The van der Waals surface area contributed by atoms with E-state index < -0.39 is 18.1 Å². The van der Waals surface area contributed by atoms with Gasteiger partial charge in [-0.25, -0.2) is 0 Å². The molecule has 0 radical (unpaired) electrons. The number of benzene rings is 2. The number of para-hydroxylation sites is 1. The highest BCUT2D eigenvalue weighted by Gasteiger charge is 2.40. The molecule has 3 amide bonds. The van der Waals surface area contributed by atoms with Crippen molar-refractivity contribution < 1.29 is 19.1 Å². The number of ether oxygens (including phenoxy) is 1. The van der Waals surface area contributed by atoms with Crippen LogP contribution in [0.4, 0.5) is 0 Å². The lowest BCUT2D eigenvalue weighted by Crippen LogP contribution is -2.64. The van der Waals surface area contributed by atoms with Crippen LogP contribution in [0.3, 0.4) is 0 Å². The summed E-state index contributed by atoms with van der Waals surface area (Å²) in [5.41, 5.74) is 3.45. The van der Waals surface area contributed by atoms with Crippen LogP contribution < -0.4 is 20.7 Å². The van der Waals surface area contributed by atoms with Crippen molar-refractivity contribution in [2.75, 3.05) is 33.8 Å². The van der Waals surface area contributed by atoms with Gasteiger partial charge in [-0.05, 0) is 56.3 Å². The molecule has 1 saturated heterocycles. The molecule has 1 unspecified atom stereocenters. The zero-order valence-corrected chi connectivity index (χ0v) is 25.0. The molecule has 1 aliphatic carbocycles. The highest BCUT2D eigenvalue weighted by molar-refractivity contribution is 5.93. The van der Waals surface area contributed by atoms with E-state index >= 15 is 0 Å². The molecule has 222 valence electrons. The number of nitrogens with zero attached hydrogens (tertiary/aromatic N) is 2. The van der Waals surface area contributed by atoms with Gasteiger partial charge in [0.1, 0.15) is 17.8 Å². The lowest BCUT2D eigenvalue weighted by molar-refractivity contribution is -0.148. The third kappa shape index (κ3) is 7.26. The number of fused-ring (bicyclic) bond motifs is 1. The number of carbonyl (C=O) groups is 3. The number of likely N-dealkylation sites (N-methyl/N-ethyl adjacent to an activating group) is 1. The summed E-state index contributed by atoms with van der Waals surface area (Å²) in [6.45, 7) is 7.56. The highest BCUT2D eigenvalue weighted by atomic mass is 16.5. The van der Waals surface area contributed by atoms with Crippen LogP contribution in [0, 0.1) is 5.92 Å². The molecule has 0 spiro atoms. The quantitative estimate of drug-likeness (QED) is 0.411. The number of nitrogens with one attached hydrogen (secondary N) is 3. The van der Waals surface area contributed by atoms with Crippen molar-refractivity contribution in [3.63, 3.8) is 0 Å². The van der Waals surface area contributed by atoms with Crippen molar-refractivity contribution >= 4 is 17.7 Å². The maximum absolute atomic E-state index is 14.0. The fourth-order valence-corrected chi connectivity index (χ4v) is 5.82. The number of hydrogen-bond acceptors (Lipinski definition) is 6. The number of aryl methyl sites for hydroxylation is 1. The topological polar surface area (TPSA) is 103 Å². The minimum atomic E-state index is -0.732. The Labute approximate surface area is 244 Å². The number of piperazine rings is 1. The summed E-state index contributed by atoms with van der Waals surface area (Å²) in [7, 11) is 3.37. The average molecular weight is 564 g/mol. The maximum atomic E-state index is 14.0. The molecule has 4 rings (SSSR count). The minimum Gasteiger partial charge on any atom is -0.496 e. The largest absolute Gasteiger partial charge is 0.496 e. The second-order valence-electron chi connectivity index (χ2n) is 11.5. The molecule has 3 N–H and O–H groups in total. The zero-order chi connectivity index (χ0) is 29.5. The van der Waals surface area contributed by atoms with Crippen LogP contribution in [0.5, 0.6) is 5.75 Å². The first-order valence-electron chi connectivity index (χ1n) is 14.7. The van der Waals surface area contributed by atoms with Gasteiger partial charge in [-0.2, -0.15) is 0 Å². The van der Waals surface area contributed by atoms with Gasteiger partial charge in [-0.3, -0.25) is 19.3 Å². The summed E-state index contributed by atoms with van der Waals surface area (Å²) in [6, 6.07) is 14.2. The van der Waals surface area contributed by atoms with E-state index in [-0.39, 0.29) is 29.7 Å². The first-order valence-corrected chi connectivity index (χ1v) is 14.7.